The standard InChI is InChI=1S/C32H37N7O8S/c1-22-9-10-37(23(2)15-22)48(44,45)32-18-26(38(40)41)5-6-27(32)34-33-19-24-3-7-28(29(16-24)39(42)43)36-13-11-35(12-14-36)20-25-4-8-30-31(17-25)47-21-46-30/h3-8,16-19,22-23,34H,9-15,20-21H2,1-2H3/b33-19-/t22-,23-/m0/s1. The van der Waals surface area contributed by atoms with Crippen LogP contribution in [-0.4, -0.2) is 79.2 Å². The Morgan fingerprint density at radius 2 is 1.71 bits per heavy atom. The highest BCUT2D eigenvalue weighted by atomic mass is 32.2. The van der Waals surface area contributed by atoms with E-state index >= 15 is 0 Å². The van der Waals surface area contributed by atoms with E-state index in [1.165, 1.54) is 28.7 Å². The number of nitrogens with one attached hydrogen (secondary N) is 1. The summed E-state index contributed by atoms with van der Waals surface area (Å²) in [6, 6.07) is 14.0. The average molecular weight is 680 g/mol. The number of fused-ring (bicyclic) bond motifs is 1. The highest BCUT2D eigenvalue weighted by Crippen LogP contribution is 2.35. The third-order valence-corrected chi connectivity index (χ3v) is 11.0. The molecule has 3 aliphatic heterocycles. The summed E-state index contributed by atoms with van der Waals surface area (Å²) in [6.45, 7) is 7.79. The summed E-state index contributed by atoms with van der Waals surface area (Å²) in [4.78, 5) is 26.6. The molecular formula is C32H37N7O8S. The molecule has 0 saturated carbocycles. The highest BCUT2D eigenvalue weighted by molar-refractivity contribution is 7.89. The first-order valence-electron chi connectivity index (χ1n) is 15.7. The lowest BCUT2D eigenvalue weighted by Crippen LogP contribution is -2.46. The van der Waals surface area contributed by atoms with Gasteiger partial charge in [-0.3, -0.25) is 30.6 Å². The predicted molar refractivity (Wildman–Crippen MR) is 179 cm³/mol. The number of nitro benzene ring substituents is 2. The molecule has 3 aromatic rings. The number of hydrogen-bond donors (Lipinski definition) is 1. The minimum atomic E-state index is -4.09. The molecule has 0 aliphatic carbocycles. The van der Waals surface area contributed by atoms with Gasteiger partial charge in [0, 0.05) is 69.1 Å². The molecule has 0 spiro atoms. The summed E-state index contributed by atoms with van der Waals surface area (Å²) in [7, 11) is -4.09. The van der Waals surface area contributed by atoms with E-state index in [9.17, 15) is 28.6 Å². The quantitative estimate of drug-likeness (QED) is 0.177. The van der Waals surface area contributed by atoms with Crippen LogP contribution in [0.15, 0.2) is 64.6 Å². The summed E-state index contributed by atoms with van der Waals surface area (Å²) in [5, 5.41) is 27.8. The number of hydrazone groups is 1. The second-order valence-corrected chi connectivity index (χ2v) is 14.2. The first-order valence-corrected chi connectivity index (χ1v) is 17.2. The summed E-state index contributed by atoms with van der Waals surface area (Å²) < 4.78 is 39.7. The Balaban J connectivity index is 1.15. The number of piperidine rings is 1. The third-order valence-electron chi connectivity index (χ3n) is 8.99. The number of ether oxygens (including phenoxy) is 2. The van der Waals surface area contributed by atoms with Gasteiger partial charge in [-0.05, 0) is 55.5 Å². The fourth-order valence-electron chi connectivity index (χ4n) is 6.45. The molecule has 0 unspecified atom stereocenters. The number of sulfonamides is 1. The summed E-state index contributed by atoms with van der Waals surface area (Å²) >= 11 is 0. The summed E-state index contributed by atoms with van der Waals surface area (Å²) in [5.74, 6) is 1.84. The lowest BCUT2D eigenvalue weighted by atomic mass is 9.95. The monoisotopic (exact) mass is 679 g/mol. The molecule has 2 saturated heterocycles. The van der Waals surface area contributed by atoms with E-state index in [0.717, 1.165) is 29.7 Å². The van der Waals surface area contributed by atoms with Crippen LogP contribution in [0.3, 0.4) is 0 Å². The van der Waals surface area contributed by atoms with Gasteiger partial charge in [-0.25, -0.2) is 8.42 Å². The Hall–Kier alpha value is -4.80. The molecule has 0 radical (unpaired) electrons. The van der Waals surface area contributed by atoms with E-state index in [0.29, 0.717) is 62.7 Å². The maximum absolute atomic E-state index is 13.7. The number of non-ortho nitro benzene ring substituents is 1. The number of hydrogen-bond acceptors (Lipinski definition) is 12. The van der Waals surface area contributed by atoms with E-state index in [2.05, 4.69) is 22.4 Å². The van der Waals surface area contributed by atoms with Crippen LogP contribution in [0.25, 0.3) is 0 Å². The van der Waals surface area contributed by atoms with Crippen molar-refractivity contribution in [1.82, 2.24) is 9.21 Å². The SMILES string of the molecule is C[C@H]1CCN(S(=O)(=O)c2cc([N+](=O)[O-])ccc2N/N=C\c2ccc(N3CCN(Cc4ccc5c(c4)OCO5)CC3)c([N+](=O)[O-])c2)[C@@H](C)C1. The molecule has 254 valence electrons. The average Bonchev–Trinajstić information content (AvgIpc) is 3.53. The smallest absolute Gasteiger partial charge is 0.293 e. The van der Waals surface area contributed by atoms with Crippen molar-refractivity contribution in [2.75, 3.05) is 49.8 Å². The molecule has 3 heterocycles. The van der Waals surface area contributed by atoms with Crippen molar-refractivity contribution in [1.29, 1.82) is 0 Å². The van der Waals surface area contributed by atoms with Crippen molar-refractivity contribution >= 4 is 39.0 Å². The maximum atomic E-state index is 13.7. The van der Waals surface area contributed by atoms with E-state index in [1.54, 1.807) is 12.1 Å². The van der Waals surface area contributed by atoms with Crippen LogP contribution in [0.5, 0.6) is 11.5 Å². The minimum Gasteiger partial charge on any atom is -0.454 e. The third kappa shape index (κ3) is 7.05. The Labute approximate surface area is 278 Å². The number of anilines is 2. The molecule has 2 fully saturated rings. The Kier molecular flexibility index (Phi) is 9.48. The van der Waals surface area contributed by atoms with Gasteiger partial charge in [0.2, 0.25) is 16.8 Å². The molecule has 0 amide bonds. The second-order valence-electron chi connectivity index (χ2n) is 12.4. The van der Waals surface area contributed by atoms with Crippen molar-refractivity contribution in [2.24, 2.45) is 11.0 Å². The summed E-state index contributed by atoms with van der Waals surface area (Å²) in [5.41, 5.74) is 4.35. The normalized spacial score (nSPS) is 20.2. The molecule has 0 bridgehead atoms. The van der Waals surface area contributed by atoms with Crippen molar-refractivity contribution < 1.29 is 27.7 Å². The number of piperazine rings is 1. The lowest BCUT2D eigenvalue weighted by molar-refractivity contribution is -0.385. The zero-order valence-corrected chi connectivity index (χ0v) is 27.5. The number of nitrogens with zero attached hydrogens (tertiary/aromatic N) is 6. The molecular weight excluding hydrogens is 642 g/mol. The van der Waals surface area contributed by atoms with Crippen LogP contribution >= 0.6 is 0 Å². The van der Waals surface area contributed by atoms with Gasteiger partial charge in [0.25, 0.3) is 11.4 Å². The molecule has 3 aromatic carbocycles. The molecule has 6 rings (SSSR count). The maximum Gasteiger partial charge on any atom is 0.293 e. The van der Waals surface area contributed by atoms with Gasteiger partial charge in [0.1, 0.15) is 10.6 Å². The Morgan fingerprint density at radius 1 is 0.938 bits per heavy atom. The Bertz CT molecular complexity index is 1850. The largest absolute Gasteiger partial charge is 0.454 e. The topological polar surface area (TPSA) is 173 Å². The van der Waals surface area contributed by atoms with E-state index in [4.69, 9.17) is 9.47 Å². The Morgan fingerprint density at radius 3 is 2.44 bits per heavy atom. The molecule has 15 nitrogen and oxygen atoms in total. The van der Waals surface area contributed by atoms with Crippen molar-refractivity contribution in [3.05, 3.63) is 86.0 Å². The van der Waals surface area contributed by atoms with Crippen molar-refractivity contribution in [3.8, 4) is 11.5 Å². The minimum absolute atomic E-state index is 0.0624. The molecule has 0 aromatic heterocycles. The van der Waals surface area contributed by atoms with Crippen LogP contribution in [0.2, 0.25) is 0 Å². The van der Waals surface area contributed by atoms with Crippen LogP contribution in [-0.2, 0) is 16.6 Å². The van der Waals surface area contributed by atoms with Gasteiger partial charge < -0.3 is 14.4 Å². The van der Waals surface area contributed by atoms with Gasteiger partial charge >= 0.3 is 0 Å². The molecule has 3 aliphatic rings. The van der Waals surface area contributed by atoms with E-state index in [-0.39, 0.29) is 34.8 Å². The number of rotatable bonds is 10. The second kappa shape index (κ2) is 13.7. The first-order chi connectivity index (χ1) is 23.0. The van der Waals surface area contributed by atoms with Crippen LogP contribution in [0.4, 0.5) is 22.7 Å². The molecule has 16 heteroatoms. The molecule has 1 N–H and O–H groups in total. The van der Waals surface area contributed by atoms with Gasteiger partial charge in [0.15, 0.2) is 11.5 Å². The van der Waals surface area contributed by atoms with Crippen molar-refractivity contribution in [2.45, 2.75) is 44.2 Å². The predicted octanol–water partition coefficient (Wildman–Crippen LogP) is 4.81. The highest BCUT2D eigenvalue weighted by Gasteiger charge is 2.35. The van der Waals surface area contributed by atoms with Gasteiger partial charge in [0.05, 0.1) is 21.7 Å². The van der Waals surface area contributed by atoms with E-state index < -0.39 is 19.9 Å². The first kappa shape index (κ1) is 33.1. The molecule has 48 heavy (non-hydrogen) atoms. The van der Waals surface area contributed by atoms with Crippen LogP contribution < -0.4 is 19.8 Å². The number of benzene rings is 3. The fourth-order valence-corrected chi connectivity index (χ4v) is 8.27. The van der Waals surface area contributed by atoms with Crippen LogP contribution in [0.1, 0.15) is 37.8 Å². The summed E-state index contributed by atoms with van der Waals surface area (Å²) in [6.07, 6.45) is 2.72. The van der Waals surface area contributed by atoms with Gasteiger partial charge in [-0.15, -0.1) is 0 Å². The molecule has 2 atom stereocenters. The zero-order chi connectivity index (χ0) is 34.0. The zero-order valence-electron chi connectivity index (χ0n) is 26.6. The lowest BCUT2D eigenvalue weighted by Gasteiger charge is -2.35. The van der Waals surface area contributed by atoms with Gasteiger partial charge in [-0.1, -0.05) is 19.1 Å². The van der Waals surface area contributed by atoms with Crippen molar-refractivity contribution in [3.63, 3.8) is 0 Å². The fraction of sp³-hybridized carbons (Fsp3) is 0.406. The van der Waals surface area contributed by atoms with E-state index in [1.807, 2.05) is 30.0 Å². The number of nitro groups is 2. The van der Waals surface area contributed by atoms with Gasteiger partial charge in [-0.2, -0.15) is 9.41 Å². The van der Waals surface area contributed by atoms with Crippen LogP contribution in [0, 0.1) is 26.1 Å².